The Morgan fingerprint density at radius 2 is 1.92 bits per heavy atom. The van der Waals surface area contributed by atoms with Crippen molar-refractivity contribution >= 4 is 56.2 Å². The summed E-state index contributed by atoms with van der Waals surface area (Å²) in [6.45, 7) is 0.342. The van der Waals surface area contributed by atoms with Crippen molar-refractivity contribution in [2.45, 2.75) is 32.3 Å². The summed E-state index contributed by atoms with van der Waals surface area (Å²) in [6, 6.07) is 13.8. The zero-order valence-corrected chi connectivity index (χ0v) is 21.1. The average Bonchev–Trinajstić information content (AvgIpc) is 3.32. The van der Waals surface area contributed by atoms with Gasteiger partial charge >= 0.3 is 0 Å². The van der Waals surface area contributed by atoms with Crippen LogP contribution in [0.25, 0.3) is 10.1 Å². The molecule has 36 heavy (non-hydrogen) atoms. The Morgan fingerprint density at radius 1 is 1.11 bits per heavy atom. The molecule has 0 atom stereocenters. The van der Waals surface area contributed by atoms with E-state index in [2.05, 4.69) is 10.3 Å². The summed E-state index contributed by atoms with van der Waals surface area (Å²) in [7, 11) is 0. The van der Waals surface area contributed by atoms with Gasteiger partial charge in [-0.1, -0.05) is 24.1 Å². The predicted octanol–water partition coefficient (Wildman–Crippen LogP) is 6.10. The number of pyridine rings is 1. The van der Waals surface area contributed by atoms with Crippen LogP contribution in [0.2, 0.25) is 5.02 Å². The summed E-state index contributed by atoms with van der Waals surface area (Å²) in [5.74, 6) is 0.622. The molecular weight excluding hydrogens is 498 g/mol. The fourth-order valence-electron chi connectivity index (χ4n) is 3.77. The Morgan fingerprint density at radius 3 is 2.69 bits per heavy atom. The van der Waals surface area contributed by atoms with Crippen molar-refractivity contribution in [1.29, 1.82) is 0 Å². The van der Waals surface area contributed by atoms with Gasteiger partial charge < -0.3 is 20.9 Å². The number of amides is 1. The van der Waals surface area contributed by atoms with Gasteiger partial charge in [-0.05, 0) is 60.7 Å². The van der Waals surface area contributed by atoms with Gasteiger partial charge in [0.05, 0.1) is 10.3 Å². The number of carbonyl (C=O) groups excluding carboxylic acids is 2. The van der Waals surface area contributed by atoms with Crippen LogP contribution in [0.4, 0.5) is 11.5 Å². The van der Waals surface area contributed by atoms with Crippen molar-refractivity contribution in [1.82, 2.24) is 4.98 Å². The maximum absolute atomic E-state index is 12.8. The highest BCUT2D eigenvalue weighted by atomic mass is 35.5. The Hall–Kier alpha value is -3.46. The number of aliphatic hydroxyl groups excluding tert-OH is 1. The van der Waals surface area contributed by atoms with Crippen LogP contribution in [0, 0.1) is 0 Å². The number of Topliss-reactive ketones (excluding diaryl/α,β-unsaturated/α-hetero) is 1. The number of nitrogens with two attached hydrogens (primary N) is 1. The van der Waals surface area contributed by atoms with Crippen LogP contribution in [0.3, 0.4) is 0 Å². The molecule has 0 aliphatic carbocycles. The van der Waals surface area contributed by atoms with E-state index in [0.29, 0.717) is 52.7 Å². The quantitative estimate of drug-likeness (QED) is 0.162. The van der Waals surface area contributed by atoms with Crippen molar-refractivity contribution in [2.75, 3.05) is 17.7 Å². The second kappa shape index (κ2) is 12.0. The highest BCUT2D eigenvalue weighted by Crippen LogP contribution is 2.34. The maximum Gasteiger partial charge on any atom is 0.255 e. The summed E-state index contributed by atoms with van der Waals surface area (Å²) in [5.41, 5.74) is 8.64. The van der Waals surface area contributed by atoms with Crippen LogP contribution in [-0.4, -0.2) is 28.4 Å². The summed E-state index contributed by atoms with van der Waals surface area (Å²) >= 11 is 7.34. The number of aromatic nitrogens is 1. The fourth-order valence-corrected chi connectivity index (χ4v) is 4.99. The van der Waals surface area contributed by atoms with Gasteiger partial charge in [0, 0.05) is 46.4 Å². The number of fused-ring (bicyclic) bond motifs is 1. The van der Waals surface area contributed by atoms with Gasteiger partial charge in [-0.3, -0.25) is 9.59 Å². The van der Waals surface area contributed by atoms with Crippen molar-refractivity contribution in [3.8, 4) is 5.75 Å². The molecule has 9 heteroatoms. The lowest BCUT2D eigenvalue weighted by molar-refractivity contribution is 0.0978. The van der Waals surface area contributed by atoms with E-state index in [-0.39, 0.29) is 24.9 Å². The number of anilines is 2. The molecule has 2 heterocycles. The highest BCUT2D eigenvalue weighted by molar-refractivity contribution is 7.18. The minimum absolute atomic E-state index is 0.0131. The summed E-state index contributed by atoms with van der Waals surface area (Å²) in [5, 5.41) is 15.0. The first-order chi connectivity index (χ1) is 17.5. The van der Waals surface area contributed by atoms with Crippen LogP contribution >= 0.6 is 22.9 Å². The van der Waals surface area contributed by atoms with Crippen LogP contribution in [0.1, 0.15) is 52.0 Å². The van der Waals surface area contributed by atoms with Gasteiger partial charge in [0.25, 0.3) is 5.91 Å². The molecule has 7 nitrogen and oxygen atoms in total. The molecule has 0 aliphatic rings. The predicted molar refractivity (Wildman–Crippen MR) is 144 cm³/mol. The zero-order chi connectivity index (χ0) is 25.5. The molecule has 0 unspecified atom stereocenters. The van der Waals surface area contributed by atoms with E-state index in [0.717, 1.165) is 22.1 Å². The molecule has 0 bridgehead atoms. The molecular formula is C27H26ClN3O4S. The lowest BCUT2D eigenvalue weighted by atomic mass is 10.0. The Kier molecular flexibility index (Phi) is 8.53. The second-order valence-corrected chi connectivity index (χ2v) is 9.57. The molecule has 186 valence electrons. The number of nitrogens with one attached hydrogen (secondary N) is 1. The Balaban J connectivity index is 1.46. The van der Waals surface area contributed by atoms with Crippen molar-refractivity contribution in [3.63, 3.8) is 0 Å². The zero-order valence-electron chi connectivity index (χ0n) is 19.5. The minimum Gasteiger partial charge on any atom is -0.489 e. The fraction of sp³-hybridized carbons (Fsp3) is 0.222. The highest BCUT2D eigenvalue weighted by Gasteiger charge is 2.18. The van der Waals surface area contributed by atoms with Crippen molar-refractivity contribution < 1.29 is 19.4 Å². The first-order valence-corrected chi connectivity index (χ1v) is 12.8. The van der Waals surface area contributed by atoms with Crippen LogP contribution < -0.4 is 15.8 Å². The van der Waals surface area contributed by atoms with Gasteiger partial charge in [-0.25, -0.2) is 4.98 Å². The number of hydrogen-bond acceptors (Lipinski definition) is 7. The third-order valence-corrected chi connectivity index (χ3v) is 6.97. The topological polar surface area (TPSA) is 115 Å². The van der Waals surface area contributed by atoms with Crippen molar-refractivity contribution in [2.24, 2.45) is 0 Å². The molecule has 4 aromatic rings. The minimum atomic E-state index is -0.264. The average molecular weight is 524 g/mol. The van der Waals surface area contributed by atoms with Crippen LogP contribution in [-0.2, 0) is 6.61 Å². The molecule has 4 rings (SSSR count). The standard InChI is InChI=1S/C27H26ClN3O4S/c28-19-8-10-20(11-9-19)31-27(34)17-5-4-6-21(13-17)35-15-18-16-36-25-22(14-30-26(29)24(18)25)23(33)7-2-1-3-12-32/h4-6,8-11,13-14,16,32H,1-3,7,12,15H2,(H2,29,30)(H,31,34). The molecule has 0 saturated heterocycles. The number of carbonyl (C=O) groups is 2. The largest absolute Gasteiger partial charge is 0.489 e. The summed E-state index contributed by atoms with van der Waals surface area (Å²) in [6.07, 6.45) is 4.14. The molecule has 1 amide bonds. The lowest BCUT2D eigenvalue weighted by Gasteiger charge is -2.10. The number of thiophene rings is 1. The maximum atomic E-state index is 12.8. The number of aliphatic hydroxyl groups is 1. The first-order valence-electron chi connectivity index (χ1n) is 11.5. The van der Waals surface area contributed by atoms with Gasteiger partial charge in [0.15, 0.2) is 5.78 Å². The molecule has 2 aromatic carbocycles. The van der Waals surface area contributed by atoms with Gasteiger partial charge in [0.2, 0.25) is 0 Å². The molecule has 0 spiro atoms. The van der Waals surface area contributed by atoms with E-state index < -0.39 is 0 Å². The van der Waals surface area contributed by atoms with Gasteiger partial charge in [0.1, 0.15) is 18.2 Å². The van der Waals surface area contributed by atoms with E-state index in [9.17, 15) is 9.59 Å². The number of nitrogen functional groups attached to an aromatic ring is 1. The van der Waals surface area contributed by atoms with Crippen LogP contribution in [0.5, 0.6) is 5.75 Å². The summed E-state index contributed by atoms with van der Waals surface area (Å²) < 4.78 is 6.78. The lowest BCUT2D eigenvalue weighted by Crippen LogP contribution is -2.11. The molecule has 0 fully saturated rings. The van der Waals surface area contributed by atoms with E-state index in [4.69, 9.17) is 27.2 Å². The van der Waals surface area contributed by atoms with E-state index in [1.165, 1.54) is 17.5 Å². The molecule has 4 N–H and O–H groups in total. The molecule has 0 radical (unpaired) electrons. The molecule has 0 aliphatic heterocycles. The third kappa shape index (κ3) is 6.20. The number of halogens is 1. The molecule has 0 saturated carbocycles. The number of hydrogen-bond donors (Lipinski definition) is 3. The van der Waals surface area contributed by atoms with Gasteiger partial charge in [-0.15, -0.1) is 11.3 Å². The second-order valence-electron chi connectivity index (χ2n) is 8.26. The SMILES string of the molecule is Nc1ncc(C(=O)CCCCCO)c2scc(COc3cccc(C(=O)Nc4ccc(Cl)cc4)c3)c12. The van der Waals surface area contributed by atoms with Crippen molar-refractivity contribution in [3.05, 3.63) is 81.8 Å². The molecule has 2 aromatic heterocycles. The number of benzene rings is 2. The normalized spacial score (nSPS) is 10.9. The first kappa shape index (κ1) is 25.6. The Labute approximate surface area is 217 Å². The van der Waals surface area contributed by atoms with Crippen LogP contribution in [0.15, 0.2) is 60.1 Å². The number of nitrogens with zero attached hydrogens (tertiary/aromatic N) is 1. The number of rotatable bonds is 11. The van der Waals surface area contributed by atoms with E-state index >= 15 is 0 Å². The third-order valence-electron chi connectivity index (χ3n) is 5.66. The number of unbranched alkanes of at least 4 members (excludes halogenated alkanes) is 2. The number of ketones is 1. The van der Waals surface area contributed by atoms with E-state index in [1.807, 2.05) is 5.38 Å². The summed E-state index contributed by atoms with van der Waals surface area (Å²) in [4.78, 5) is 29.7. The number of ether oxygens (including phenoxy) is 1. The smallest absolute Gasteiger partial charge is 0.255 e. The Bertz CT molecular complexity index is 1370. The monoisotopic (exact) mass is 523 g/mol. The van der Waals surface area contributed by atoms with E-state index in [1.54, 1.807) is 48.5 Å². The van der Waals surface area contributed by atoms with Gasteiger partial charge in [-0.2, -0.15) is 0 Å².